The quantitative estimate of drug-likeness (QED) is 0.781. The Morgan fingerprint density at radius 2 is 1.58 bits per heavy atom. The Balaban J connectivity index is 1.48. The average molecular weight is 350 g/mol. The van der Waals surface area contributed by atoms with E-state index in [1.54, 1.807) is 0 Å². The van der Waals surface area contributed by atoms with Crippen molar-refractivity contribution < 1.29 is 9.59 Å². The van der Waals surface area contributed by atoms with Crippen molar-refractivity contribution >= 4 is 11.7 Å². The second-order valence-electron chi connectivity index (χ2n) is 7.06. The zero-order chi connectivity index (χ0) is 18.4. The van der Waals surface area contributed by atoms with Crippen molar-refractivity contribution in [1.82, 2.24) is 4.90 Å². The van der Waals surface area contributed by atoms with Crippen molar-refractivity contribution in [3.05, 3.63) is 71.3 Å². The van der Waals surface area contributed by atoms with Crippen LogP contribution in [0, 0.1) is 5.92 Å². The van der Waals surface area contributed by atoms with Gasteiger partial charge in [0, 0.05) is 18.0 Å². The molecule has 0 unspecified atom stereocenters. The van der Waals surface area contributed by atoms with E-state index in [2.05, 4.69) is 29.2 Å². The van der Waals surface area contributed by atoms with Crippen LogP contribution in [0.2, 0.25) is 0 Å². The van der Waals surface area contributed by atoms with Gasteiger partial charge in [-0.25, -0.2) is 0 Å². The van der Waals surface area contributed by atoms with E-state index in [1.165, 1.54) is 5.56 Å². The molecule has 0 radical (unpaired) electrons. The van der Waals surface area contributed by atoms with Crippen LogP contribution in [-0.2, 0) is 17.6 Å². The number of carbonyl (C=O) groups excluding carboxylic acids is 2. The summed E-state index contributed by atoms with van der Waals surface area (Å²) in [5.74, 6) is -0.0322. The summed E-state index contributed by atoms with van der Waals surface area (Å²) < 4.78 is 0. The summed E-state index contributed by atoms with van der Waals surface area (Å²) in [6.07, 6.45) is 3.10. The van der Waals surface area contributed by atoms with E-state index in [0.29, 0.717) is 0 Å². The number of piperidine rings is 1. The van der Waals surface area contributed by atoms with Crippen LogP contribution in [0.5, 0.6) is 0 Å². The number of rotatable bonds is 7. The molecule has 0 aromatic heterocycles. The first-order valence-corrected chi connectivity index (χ1v) is 9.29. The highest BCUT2D eigenvalue weighted by Crippen LogP contribution is 2.22. The third kappa shape index (κ3) is 5.02. The molecule has 2 aromatic carbocycles. The highest BCUT2D eigenvalue weighted by molar-refractivity contribution is 5.98. The number of likely N-dealkylation sites (tertiary alicyclic amines) is 1. The molecule has 2 aromatic rings. The Hall–Kier alpha value is -2.46. The van der Waals surface area contributed by atoms with Crippen LogP contribution < -0.4 is 5.73 Å². The largest absolute Gasteiger partial charge is 0.369 e. The topological polar surface area (TPSA) is 63.4 Å². The van der Waals surface area contributed by atoms with E-state index in [4.69, 9.17) is 5.73 Å². The van der Waals surface area contributed by atoms with Gasteiger partial charge in [-0.2, -0.15) is 0 Å². The molecule has 3 rings (SSSR count). The van der Waals surface area contributed by atoms with Crippen molar-refractivity contribution in [3.63, 3.8) is 0 Å². The van der Waals surface area contributed by atoms with Crippen LogP contribution in [0.3, 0.4) is 0 Å². The molecule has 0 atom stereocenters. The second-order valence-corrected chi connectivity index (χ2v) is 7.06. The molecule has 4 nitrogen and oxygen atoms in total. The number of hydrogen-bond donors (Lipinski definition) is 1. The molecule has 1 saturated heterocycles. The number of Topliss-reactive ketones (excluding diaryl/α,β-unsaturated/α-hetero) is 1. The van der Waals surface area contributed by atoms with Gasteiger partial charge in [0.1, 0.15) is 0 Å². The van der Waals surface area contributed by atoms with Crippen molar-refractivity contribution in [3.8, 4) is 0 Å². The van der Waals surface area contributed by atoms with Crippen molar-refractivity contribution in [1.29, 1.82) is 0 Å². The van der Waals surface area contributed by atoms with E-state index >= 15 is 0 Å². The van der Waals surface area contributed by atoms with E-state index in [1.807, 2.05) is 30.3 Å². The van der Waals surface area contributed by atoms with E-state index in [9.17, 15) is 9.59 Å². The summed E-state index contributed by atoms with van der Waals surface area (Å²) in [4.78, 5) is 26.1. The fourth-order valence-corrected chi connectivity index (χ4v) is 3.57. The Morgan fingerprint density at radius 3 is 2.19 bits per heavy atom. The molecule has 2 N–H and O–H groups in total. The Labute approximate surface area is 155 Å². The van der Waals surface area contributed by atoms with Crippen molar-refractivity contribution in [2.24, 2.45) is 11.7 Å². The van der Waals surface area contributed by atoms with Crippen LogP contribution in [0.15, 0.2) is 54.6 Å². The number of primary amides is 1. The van der Waals surface area contributed by atoms with Crippen LogP contribution >= 0.6 is 0 Å². The maximum absolute atomic E-state index is 12.7. The number of amides is 1. The number of nitrogens with zero attached hydrogens (tertiary/aromatic N) is 1. The van der Waals surface area contributed by atoms with Gasteiger partial charge in [0.05, 0.1) is 6.42 Å². The van der Waals surface area contributed by atoms with Gasteiger partial charge in [-0.15, -0.1) is 0 Å². The molecule has 1 heterocycles. The highest BCUT2D eigenvalue weighted by Gasteiger charge is 2.25. The molecule has 1 fully saturated rings. The van der Waals surface area contributed by atoms with Gasteiger partial charge >= 0.3 is 0 Å². The number of carbonyl (C=O) groups is 2. The van der Waals surface area contributed by atoms with E-state index in [0.717, 1.165) is 50.0 Å². The minimum Gasteiger partial charge on any atom is -0.369 e. The minimum absolute atomic E-state index is 0.102. The molecule has 1 amide bonds. The van der Waals surface area contributed by atoms with Crippen LogP contribution in [0.1, 0.15) is 34.3 Å². The molecule has 26 heavy (non-hydrogen) atoms. The highest BCUT2D eigenvalue weighted by atomic mass is 16.1. The maximum Gasteiger partial charge on any atom is 0.221 e. The summed E-state index contributed by atoms with van der Waals surface area (Å²) in [5, 5.41) is 0. The Morgan fingerprint density at radius 1 is 0.923 bits per heavy atom. The van der Waals surface area contributed by atoms with Gasteiger partial charge in [0.15, 0.2) is 5.78 Å². The fourth-order valence-electron chi connectivity index (χ4n) is 3.57. The smallest absolute Gasteiger partial charge is 0.221 e. The van der Waals surface area contributed by atoms with Crippen LogP contribution in [0.4, 0.5) is 0 Å². The lowest BCUT2D eigenvalue weighted by Crippen LogP contribution is -2.37. The number of hydrogen-bond acceptors (Lipinski definition) is 3. The molecular weight excluding hydrogens is 324 g/mol. The molecule has 1 aliphatic heterocycles. The third-order valence-electron chi connectivity index (χ3n) is 5.13. The standard InChI is InChI=1S/C22H26N2O2/c23-21(25)16-18-6-8-19(9-7-18)22(26)20-11-14-24(15-12-20)13-10-17-4-2-1-3-5-17/h1-9,20H,10-16H2,(H2,23,25). The van der Waals surface area contributed by atoms with E-state index < -0.39 is 0 Å². The first-order valence-electron chi connectivity index (χ1n) is 9.29. The number of nitrogens with two attached hydrogens (primary N) is 1. The molecule has 0 saturated carbocycles. The van der Waals surface area contributed by atoms with E-state index in [-0.39, 0.29) is 24.0 Å². The van der Waals surface area contributed by atoms with Gasteiger partial charge in [-0.1, -0.05) is 54.6 Å². The molecule has 4 heteroatoms. The normalized spacial score (nSPS) is 15.7. The van der Waals surface area contributed by atoms with Gasteiger partial charge in [0.25, 0.3) is 0 Å². The number of ketones is 1. The lowest BCUT2D eigenvalue weighted by Gasteiger charge is -2.31. The van der Waals surface area contributed by atoms with Gasteiger partial charge in [0.2, 0.25) is 5.91 Å². The molecule has 0 aliphatic carbocycles. The summed E-state index contributed by atoms with van der Waals surface area (Å²) in [7, 11) is 0. The lowest BCUT2D eigenvalue weighted by atomic mass is 9.88. The predicted octanol–water partition coefficient (Wildman–Crippen LogP) is 2.85. The lowest BCUT2D eigenvalue weighted by molar-refractivity contribution is -0.117. The van der Waals surface area contributed by atoms with Gasteiger partial charge in [-0.3, -0.25) is 9.59 Å². The van der Waals surface area contributed by atoms with Crippen molar-refractivity contribution in [2.75, 3.05) is 19.6 Å². The Kier molecular flexibility index (Phi) is 6.18. The summed E-state index contributed by atoms with van der Waals surface area (Å²) in [6, 6.07) is 17.8. The second kappa shape index (κ2) is 8.77. The monoisotopic (exact) mass is 350 g/mol. The molecule has 0 bridgehead atoms. The van der Waals surface area contributed by atoms with Crippen molar-refractivity contribution in [2.45, 2.75) is 25.7 Å². The van der Waals surface area contributed by atoms with Gasteiger partial charge < -0.3 is 10.6 Å². The predicted molar refractivity (Wildman–Crippen MR) is 103 cm³/mol. The first kappa shape index (κ1) is 18.3. The SMILES string of the molecule is NC(=O)Cc1ccc(C(=O)C2CCN(CCc3ccccc3)CC2)cc1. The zero-order valence-electron chi connectivity index (χ0n) is 15.1. The van der Waals surface area contributed by atoms with Crippen LogP contribution in [0.25, 0.3) is 0 Å². The molecular formula is C22H26N2O2. The molecule has 0 spiro atoms. The minimum atomic E-state index is -0.355. The molecule has 136 valence electrons. The summed E-state index contributed by atoms with van der Waals surface area (Å²) in [6.45, 7) is 3.00. The first-order chi connectivity index (χ1) is 12.6. The Bertz CT molecular complexity index is 732. The fraction of sp³-hybridized carbons (Fsp3) is 0.364. The summed E-state index contributed by atoms with van der Waals surface area (Å²) in [5.41, 5.74) is 8.15. The van der Waals surface area contributed by atoms with Crippen LogP contribution in [-0.4, -0.2) is 36.2 Å². The maximum atomic E-state index is 12.7. The number of benzene rings is 2. The van der Waals surface area contributed by atoms with Gasteiger partial charge in [-0.05, 0) is 43.5 Å². The molecule has 1 aliphatic rings. The summed E-state index contributed by atoms with van der Waals surface area (Å²) >= 11 is 0. The zero-order valence-corrected chi connectivity index (χ0v) is 15.1. The third-order valence-corrected chi connectivity index (χ3v) is 5.13. The average Bonchev–Trinajstić information content (AvgIpc) is 2.67.